The highest BCUT2D eigenvalue weighted by Gasteiger charge is 2.25. The van der Waals surface area contributed by atoms with Gasteiger partial charge in [-0.1, -0.05) is 0 Å². The van der Waals surface area contributed by atoms with Gasteiger partial charge in [0.1, 0.15) is 19.0 Å². The molecule has 4 rings (SSSR count). The van der Waals surface area contributed by atoms with Crippen LogP contribution in [0, 0.1) is 6.92 Å². The van der Waals surface area contributed by atoms with Gasteiger partial charge in [0.15, 0.2) is 11.5 Å². The second-order valence-electron chi connectivity index (χ2n) is 6.96. The summed E-state index contributed by atoms with van der Waals surface area (Å²) in [6.45, 7) is 3.02. The maximum absolute atomic E-state index is 13.5. The number of thiophene rings is 1. The number of phenols is 1. The number of carbonyl (C=O) groups excluding carboxylic acids is 1. The first kappa shape index (κ1) is 21.2. The molecule has 0 saturated carbocycles. The summed E-state index contributed by atoms with van der Waals surface area (Å²) in [5.74, 6) is 0.160. The minimum atomic E-state index is -4.05. The van der Waals surface area contributed by atoms with Crippen LogP contribution >= 0.6 is 11.3 Å². The van der Waals surface area contributed by atoms with Crippen molar-refractivity contribution in [2.75, 3.05) is 18.1 Å². The first-order valence-corrected chi connectivity index (χ1v) is 11.7. The lowest BCUT2D eigenvalue weighted by Gasteiger charge is -2.25. The van der Waals surface area contributed by atoms with E-state index in [-0.39, 0.29) is 22.8 Å². The number of rotatable bonds is 5. The summed E-state index contributed by atoms with van der Waals surface area (Å²) in [5, 5.41) is 15.5. The molecule has 2 heterocycles. The molecule has 0 radical (unpaired) electrons. The van der Waals surface area contributed by atoms with E-state index >= 15 is 0 Å². The Morgan fingerprint density at radius 1 is 1.10 bits per heavy atom. The Morgan fingerprint density at radius 3 is 2.52 bits per heavy atom. The van der Waals surface area contributed by atoms with Crippen LogP contribution in [0.2, 0.25) is 0 Å². The molecule has 10 heteroatoms. The molecule has 0 aliphatic carbocycles. The molecule has 1 amide bonds. The van der Waals surface area contributed by atoms with Crippen LogP contribution in [-0.4, -0.2) is 32.6 Å². The number of aromatic hydroxyl groups is 1. The number of primary sulfonamides is 1. The zero-order chi connectivity index (χ0) is 22.2. The predicted octanol–water partition coefficient (Wildman–Crippen LogP) is 3.03. The molecule has 3 aromatic rings. The number of nitrogens with zero attached hydrogens (tertiary/aromatic N) is 1. The monoisotopic (exact) mass is 460 g/mol. The maximum Gasteiger partial charge on any atom is 0.262 e. The SMILES string of the molecule is Cc1ccc(CN(C(=O)c2cc(S(N)(=O)=O)ccc2O)c2ccc3c(c2)OCCO3)s1. The lowest BCUT2D eigenvalue weighted by Crippen LogP contribution is -2.30. The highest BCUT2D eigenvalue weighted by Crippen LogP contribution is 2.36. The molecule has 0 fully saturated rings. The summed E-state index contributed by atoms with van der Waals surface area (Å²) in [6.07, 6.45) is 0. The molecule has 8 nitrogen and oxygen atoms in total. The standard InChI is InChI=1S/C21H20N2O6S2/c1-13-2-4-15(30-13)12-23(14-3-7-19-20(10-14)29-9-8-28-19)21(25)17-11-16(31(22,26)27)5-6-18(17)24/h2-7,10-11,24H,8-9,12H2,1H3,(H2,22,26,27). The summed E-state index contributed by atoms with van der Waals surface area (Å²) in [7, 11) is -4.05. The second-order valence-corrected chi connectivity index (χ2v) is 9.89. The Hall–Kier alpha value is -3.08. The van der Waals surface area contributed by atoms with Crippen LogP contribution in [0.15, 0.2) is 53.4 Å². The number of carbonyl (C=O) groups is 1. The summed E-state index contributed by atoms with van der Waals surface area (Å²) in [4.78, 5) is 16.7. The number of aryl methyl sites for hydroxylation is 1. The van der Waals surface area contributed by atoms with Gasteiger partial charge in [-0.15, -0.1) is 11.3 Å². The van der Waals surface area contributed by atoms with Crippen LogP contribution in [0.25, 0.3) is 0 Å². The Kier molecular flexibility index (Phi) is 5.61. The van der Waals surface area contributed by atoms with Crippen LogP contribution in [0.4, 0.5) is 5.69 Å². The van der Waals surface area contributed by atoms with Gasteiger partial charge in [-0.2, -0.15) is 0 Å². The number of anilines is 1. The van der Waals surface area contributed by atoms with E-state index in [1.807, 2.05) is 19.1 Å². The molecule has 0 unspecified atom stereocenters. The number of sulfonamides is 1. The van der Waals surface area contributed by atoms with Crippen LogP contribution in [-0.2, 0) is 16.6 Å². The first-order valence-electron chi connectivity index (χ1n) is 9.35. The van der Waals surface area contributed by atoms with Gasteiger partial charge in [-0.05, 0) is 49.4 Å². The fourth-order valence-electron chi connectivity index (χ4n) is 3.22. The summed E-state index contributed by atoms with van der Waals surface area (Å²) in [6, 6.07) is 12.4. The molecule has 0 bridgehead atoms. The van der Waals surface area contributed by atoms with E-state index in [4.69, 9.17) is 14.6 Å². The number of nitrogens with two attached hydrogens (primary N) is 1. The number of hydrogen-bond acceptors (Lipinski definition) is 7. The van der Waals surface area contributed by atoms with Crippen molar-refractivity contribution in [3.63, 3.8) is 0 Å². The molecule has 31 heavy (non-hydrogen) atoms. The van der Waals surface area contributed by atoms with E-state index in [1.54, 1.807) is 18.2 Å². The van der Waals surface area contributed by atoms with Gasteiger partial charge in [0, 0.05) is 21.5 Å². The molecule has 1 aromatic heterocycles. The van der Waals surface area contributed by atoms with E-state index in [0.29, 0.717) is 30.4 Å². The third-order valence-corrected chi connectivity index (χ3v) is 6.62. The minimum absolute atomic E-state index is 0.172. The molecule has 1 aliphatic rings. The van der Waals surface area contributed by atoms with Crippen molar-refractivity contribution in [2.24, 2.45) is 5.14 Å². The lowest BCUT2D eigenvalue weighted by atomic mass is 10.1. The van der Waals surface area contributed by atoms with Gasteiger partial charge in [-0.3, -0.25) is 4.79 Å². The van der Waals surface area contributed by atoms with Gasteiger partial charge < -0.3 is 19.5 Å². The molecule has 0 spiro atoms. The second kappa shape index (κ2) is 8.22. The van der Waals surface area contributed by atoms with E-state index in [1.165, 1.54) is 16.2 Å². The van der Waals surface area contributed by atoms with Gasteiger partial charge >= 0.3 is 0 Å². The molecular weight excluding hydrogens is 440 g/mol. The largest absolute Gasteiger partial charge is 0.507 e. The smallest absolute Gasteiger partial charge is 0.262 e. The fraction of sp³-hybridized carbons (Fsp3) is 0.190. The zero-order valence-corrected chi connectivity index (χ0v) is 18.2. The van der Waals surface area contributed by atoms with E-state index in [9.17, 15) is 18.3 Å². The van der Waals surface area contributed by atoms with E-state index < -0.39 is 15.9 Å². The number of ether oxygens (including phenoxy) is 2. The topological polar surface area (TPSA) is 119 Å². The zero-order valence-electron chi connectivity index (χ0n) is 16.6. The van der Waals surface area contributed by atoms with Crippen molar-refractivity contribution in [1.29, 1.82) is 0 Å². The minimum Gasteiger partial charge on any atom is -0.507 e. The summed E-state index contributed by atoms with van der Waals surface area (Å²) < 4.78 is 34.7. The fourth-order valence-corrected chi connectivity index (χ4v) is 4.63. The van der Waals surface area contributed by atoms with Crippen LogP contribution in [0.1, 0.15) is 20.1 Å². The Labute approximate surface area is 183 Å². The first-order chi connectivity index (χ1) is 14.7. The Morgan fingerprint density at radius 2 is 1.84 bits per heavy atom. The predicted molar refractivity (Wildman–Crippen MR) is 116 cm³/mol. The van der Waals surface area contributed by atoms with Crippen molar-refractivity contribution >= 4 is 33.0 Å². The molecular formula is C21H20N2O6S2. The number of fused-ring (bicyclic) bond motifs is 1. The molecule has 0 atom stereocenters. The number of hydrogen-bond donors (Lipinski definition) is 2. The molecule has 3 N–H and O–H groups in total. The van der Waals surface area contributed by atoms with Crippen LogP contribution < -0.4 is 19.5 Å². The van der Waals surface area contributed by atoms with Crippen LogP contribution in [0.5, 0.6) is 17.2 Å². The Bertz CT molecular complexity index is 1250. The van der Waals surface area contributed by atoms with Crippen molar-refractivity contribution < 1.29 is 27.8 Å². The normalized spacial score (nSPS) is 13.1. The average molecular weight is 461 g/mol. The van der Waals surface area contributed by atoms with Crippen molar-refractivity contribution in [3.8, 4) is 17.2 Å². The summed E-state index contributed by atoms with van der Waals surface area (Å²) in [5.41, 5.74) is 0.343. The maximum atomic E-state index is 13.5. The number of benzene rings is 2. The lowest BCUT2D eigenvalue weighted by molar-refractivity contribution is 0.0982. The molecule has 1 aliphatic heterocycles. The highest BCUT2D eigenvalue weighted by molar-refractivity contribution is 7.89. The molecule has 162 valence electrons. The quantitative estimate of drug-likeness (QED) is 0.604. The van der Waals surface area contributed by atoms with Gasteiger partial charge in [0.05, 0.1) is 17.0 Å². The number of phenolic OH excluding ortho intramolecular Hbond substituents is 1. The van der Waals surface area contributed by atoms with Crippen molar-refractivity contribution in [2.45, 2.75) is 18.4 Å². The van der Waals surface area contributed by atoms with E-state index in [2.05, 4.69) is 0 Å². The van der Waals surface area contributed by atoms with E-state index in [0.717, 1.165) is 28.0 Å². The molecule has 0 saturated heterocycles. The summed E-state index contributed by atoms with van der Waals surface area (Å²) >= 11 is 1.54. The third kappa shape index (κ3) is 4.50. The third-order valence-electron chi connectivity index (χ3n) is 4.72. The molecule has 2 aromatic carbocycles. The van der Waals surface area contributed by atoms with Crippen LogP contribution in [0.3, 0.4) is 0 Å². The van der Waals surface area contributed by atoms with Gasteiger partial charge in [-0.25, -0.2) is 13.6 Å². The highest BCUT2D eigenvalue weighted by atomic mass is 32.2. The van der Waals surface area contributed by atoms with Crippen molar-refractivity contribution in [3.05, 3.63) is 63.8 Å². The van der Waals surface area contributed by atoms with Gasteiger partial charge in [0.2, 0.25) is 10.0 Å². The Balaban J connectivity index is 1.78. The number of amides is 1. The van der Waals surface area contributed by atoms with Gasteiger partial charge in [0.25, 0.3) is 5.91 Å². The average Bonchev–Trinajstić information content (AvgIpc) is 3.15. The van der Waals surface area contributed by atoms with Crippen molar-refractivity contribution in [1.82, 2.24) is 0 Å².